The first-order valence-corrected chi connectivity index (χ1v) is 10.7. The molecule has 3 aromatic rings. The van der Waals surface area contributed by atoms with Gasteiger partial charge in [0, 0.05) is 13.0 Å². The summed E-state index contributed by atoms with van der Waals surface area (Å²) in [6, 6.07) is 15.5. The van der Waals surface area contributed by atoms with Crippen LogP contribution in [0.4, 0.5) is 0 Å². The Morgan fingerprint density at radius 1 is 1.10 bits per heavy atom. The smallest absolute Gasteiger partial charge is 0.339 e. The fourth-order valence-corrected chi connectivity index (χ4v) is 3.60. The number of hydrogen-bond donors (Lipinski definition) is 0. The minimum Gasteiger partial charge on any atom is -0.456 e. The summed E-state index contributed by atoms with van der Waals surface area (Å²) in [7, 11) is 0. The van der Waals surface area contributed by atoms with E-state index in [1.807, 2.05) is 74.7 Å². The number of aldehydes is 1. The van der Waals surface area contributed by atoms with Crippen LogP contribution in [-0.2, 0) is 17.7 Å². The van der Waals surface area contributed by atoms with Crippen LogP contribution in [0.2, 0.25) is 0 Å². The SMILES string of the molecule is CCCc1nc(C)c(C=O)n1Cc1ccc(-c2ccccc2C(=O)OC(C)(C)C)cc1. The third kappa shape index (κ3) is 5.29. The van der Waals surface area contributed by atoms with Crippen LogP contribution in [0, 0.1) is 6.92 Å². The largest absolute Gasteiger partial charge is 0.456 e. The number of carbonyl (C=O) groups is 2. The first-order valence-electron chi connectivity index (χ1n) is 10.7. The predicted octanol–water partition coefficient (Wildman–Crippen LogP) is 5.63. The molecule has 3 rings (SSSR count). The van der Waals surface area contributed by atoms with Crippen LogP contribution in [0.1, 0.15) is 72.0 Å². The van der Waals surface area contributed by atoms with Crippen molar-refractivity contribution in [1.29, 1.82) is 0 Å². The minimum atomic E-state index is -0.552. The standard InChI is InChI=1S/C26H30N2O3/c1-6-9-24-27-18(2)23(17-29)28(24)16-19-12-14-20(15-13-19)21-10-7-8-11-22(21)25(30)31-26(3,4)5/h7-8,10-15,17H,6,9,16H2,1-5H3. The Kier molecular flexibility index (Phi) is 6.74. The second-order valence-electron chi connectivity index (χ2n) is 8.70. The Morgan fingerprint density at radius 3 is 2.39 bits per heavy atom. The zero-order valence-electron chi connectivity index (χ0n) is 18.9. The van der Waals surface area contributed by atoms with Crippen molar-refractivity contribution in [3.05, 3.63) is 76.9 Å². The molecule has 0 unspecified atom stereocenters. The summed E-state index contributed by atoms with van der Waals surface area (Å²) < 4.78 is 7.57. The molecule has 0 amide bonds. The molecular weight excluding hydrogens is 388 g/mol. The van der Waals surface area contributed by atoms with Crippen molar-refractivity contribution in [2.75, 3.05) is 0 Å². The van der Waals surface area contributed by atoms with Gasteiger partial charge in [0.25, 0.3) is 0 Å². The number of aromatic nitrogens is 2. The molecule has 2 aromatic carbocycles. The number of imidazole rings is 1. The second kappa shape index (κ2) is 9.29. The third-order valence-corrected chi connectivity index (χ3v) is 5.01. The molecule has 0 radical (unpaired) electrons. The van der Waals surface area contributed by atoms with E-state index in [4.69, 9.17) is 4.74 Å². The van der Waals surface area contributed by atoms with E-state index in [-0.39, 0.29) is 5.97 Å². The molecule has 5 heteroatoms. The van der Waals surface area contributed by atoms with E-state index >= 15 is 0 Å². The molecule has 0 atom stereocenters. The van der Waals surface area contributed by atoms with Crippen LogP contribution < -0.4 is 0 Å². The molecule has 0 saturated heterocycles. The molecule has 0 aliphatic heterocycles. The number of nitrogens with zero attached hydrogens (tertiary/aromatic N) is 2. The van der Waals surface area contributed by atoms with Crippen molar-refractivity contribution in [2.45, 2.75) is 59.6 Å². The van der Waals surface area contributed by atoms with Gasteiger partial charge in [-0.25, -0.2) is 9.78 Å². The molecule has 0 aliphatic carbocycles. The number of ether oxygens (including phenoxy) is 1. The highest BCUT2D eigenvalue weighted by atomic mass is 16.6. The van der Waals surface area contributed by atoms with E-state index in [2.05, 4.69) is 11.9 Å². The van der Waals surface area contributed by atoms with Gasteiger partial charge in [-0.05, 0) is 56.9 Å². The maximum Gasteiger partial charge on any atom is 0.339 e. The van der Waals surface area contributed by atoms with Crippen molar-refractivity contribution < 1.29 is 14.3 Å². The van der Waals surface area contributed by atoms with Crippen LogP contribution in [0.3, 0.4) is 0 Å². The molecule has 0 bridgehead atoms. The highest BCUT2D eigenvalue weighted by Gasteiger charge is 2.20. The first-order chi connectivity index (χ1) is 14.7. The van der Waals surface area contributed by atoms with Gasteiger partial charge in [0.1, 0.15) is 17.1 Å². The van der Waals surface area contributed by atoms with Crippen LogP contribution in [-0.4, -0.2) is 27.4 Å². The summed E-state index contributed by atoms with van der Waals surface area (Å²) >= 11 is 0. The first kappa shape index (κ1) is 22.5. The fourth-order valence-electron chi connectivity index (χ4n) is 3.60. The Labute approximate surface area is 184 Å². The van der Waals surface area contributed by atoms with Gasteiger partial charge < -0.3 is 9.30 Å². The Hall–Kier alpha value is -3.21. The van der Waals surface area contributed by atoms with Gasteiger partial charge in [-0.1, -0.05) is 49.4 Å². The van der Waals surface area contributed by atoms with Crippen molar-refractivity contribution >= 4 is 12.3 Å². The van der Waals surface area contributed by atoms with Crippen LogP contribution in [0.25, 0.3) is 11.1 Å². The van der Waals surface area contributed by atoms with E-state index < -0.39 is 5.60 Å². The molecule has 31 heavy (non-hydrogen) atoms. The highest BCUT2D eigenvalue weighted by molar-refractivity contribution is 5.97. The summed E-state index contributed by atoms with van der Waals surface area (Å²) in [5, 5.41) is 0. The van der Waals surface area contributed by atoms with Crippen LogP contribution in [0.5, 0.6) is 0 Å². The molecule has 0 N–H and O–H groups in total. The van der Waals surface area contributed by atoms with Gasteiger partial charge in [0.2, 0.25) is 0 Å². The summed E-state index contributed by atoms with van der Waals surface area (Å²) in [5.74, 6) is 0.599. The number of hydrogen-bond acceptors (Lipinski definition) is 4. The monoisotopic (exact) mass is 418 g/mol. The minimum absolute atomic E-state index is 0.333. The summed E-state index contributed by atoms with van der Waals surface area (Å²) in [6.45, 7) is 10.1. The summed E-state index contributed by atoms with van der Waals surface area (Å²) in [6.07, 6.45) is 2.68. The van der Waals surface area contributed by atoms with Crippen molar-refractivity contribution in [3.8, 4) is 11.1 Å². The zero-order valence-corrected chi connectivity index (χ0v) is 18.9. The average molecular weight is 419 g/mol. The van der Waals surface area contributed by atoms with Crippen LogP contribution >= 0.6 is 0 Å². The third-order valence-electron chi connectivity index (χ3n) is 5.01. The van der Waals surface area contributed by atoms with E-state index in [0.717, 1.165) is 47.3 Å². The maximum atomic E-state index is 12.7. The Balaban J connectivity index is 1.89. The lowest BCUT2D eigenvalue weighted by Gasteiger charge is -2.20. The molecule has 0 fully saturated rings. The van der Waals surface area contributed by atoms with E-state index in [1.54, 1.807) is 6.07 Å². The maximum absolute atomic E-state index is 12.7. The van der Waals surface area contributed by atoms with Gasteiger partial charge in [-0.3, -0.25) is 4.79 Å². The molecule has 0 aliphatic rings. The Bertz CT molecular complexity index is 1070. The summed E-state index contributed by atoms with van der Waals surface area (Å²) in [4.78, 5) is 28.8. The second-order valence-corrected chi connectivity index (χ2v) is 8.70. The molecule has 1 aromatic heterocycles. The lowest BCUT2D eigenvalue weighted by molar-refractivity contribution is 0.00703. The molecule has 1 heterocycles. The number of benzene rings is 2. The number of aryl methyl sites for hydroxylation is 2. The number of rotatable bonds is 7. The van der Waals surface area contributed by atoms with Crippen LogP contribution in [0.15, 0.2) is 48.5 Å². The zero-order chi connectivity index (χ0) is 22.6. The fraction of sp³-hybridized carbons (Fsp3) is 0.346. The quantitative estimate of drug-likeness (QED) is 0.369. The number of carbonyl (C=O) groups excluding carboxylic acids is 2. The molecule has 162 valence electrons. The van der Waals surface area contributed by atoms with Crippen molar-refractivity contribution in [1.82, 2.24) is 9.55 Å². The van der Waals surface area contributed by atoms with Gasteiger partial charge in [0.05, 0.1) is 11.3 Å². The lowest BCUT2D eigenvalue weighted by Crippen LogP contribution is -2.24. The lowest BCUT2D eigenvalue weighted by atomic mass is 9.98. The van der Waals surface area contributed by atoms with Gasteiger partial charge in [0.15, 0.2) is 6.29 Å². The average Bonchev–Trinajstić information content (AvgIpc) is 3.01. The van der Waals surface area contributed by atoms with Gasteiger partial charge in [-0.2, -0.15) is 0 Å². The van der Waals surface area contributed by atoms with Gasteiger partial charge >= 0.3 is 5.97 Å². The number of esters is 1. The molecular formula is C26H30N2O3. The van der Waals surface area contributed by atoms with E-state index in [1.165, 1.54) is 0 Å². The Morgan fingerprint density at radius 2 is 1.77 bits per heavy atom. The topological polar surface area (TPSA) is 61.2 Å². The van der Waals surface area contributed by atoms with E-state index in [0.29, 0.717) is 17.8 Å². The predicted molar refractivity (Wildman–Crippen MR) is 122 cm³/mol. The van der Waals surface area contributed by atoms with Crippen molar-refractivity contribution in [2.24, 2.45) is 0 Å². The summed E-state index contributed by atoms with van der Waals surface area (Å²) in [5.41, 5.74) is 4.23. The highest BCUT2D eigenvalue weighted by Crippen LogP contribution is 2.26. The molecule has 0 spiro atoms. The van der Waals surface area contributed by atoms with Crippen molar-refractivity contribution in [3.63, 3.8) is 0 Å². The molecule has 5 nitrogen and oxygen atoms in total. The molecule has 0 saturated carbocycles. The normalized spacial score (nSPS) is 11.4. The van der Waals surface area contributed by atoms with E-state index in [9.17, 15) is 9.59 Å². The van der Waals surface area contributed by atoms with Gasteiger partial charge in [-0.15, -0.1) is 0 Å².